The van der Waals surface area contributed by atoms with Gasteiger partial charge >= 0.3 is 0 Å². The fourth-order valence-electron chi connectivity index (χ4n) is 2.13. The molecule has 2 heteroatoms. The first kappa shape index (κ1) is 13.9. The van der Waals surface area contributed by atoms with Crippen LogP contribution in [-0.2, 0) is 0 Å². The van der Waals surface area contributed by atoms with Crippen LogP contribution in [0.3, 0.4) is 0 Å². The zero-order valence-corrected chi connectivity index (χ0v) is 10.7. The molecule has 86 valence electrons. The Hall–Kier alpha value is -0.0800. The number of hydrogen-bond acceptors (Lipinski definition) is 2. The maximum Gasteiger partial charge on any atom is 0.0134 e. The van der Waals surface area contributed by atoms with Crippen LogP contribution < -0.4 is 5.73 Å². The van der Waals surface area contributed by atoms with E-state index in [-0.39, 0.29) is 0 Å². The van der Waals surface area contributed by atoms with Gasteiger partial charge in [-0.25, -0.2) is 0 Å². The first-order chi connectivity index (χ1) is 6.40. The van der Waals surface area contributed by atoms with E-state index in [0.29, 0.717) is 17.9 Å². The van der Waals surface area contributed by atoms with E-state index in [9.17, 15) is 0 Å². The molecule has 0 spiro atoms. The molecule has 2 nitrogen and oxygen atoms in total. The molecule has 0 radical (unpaired) electrons. The number of nitrogens with zero attached hydrogens (tertiary/aromatic N) is 1. The molecule has 0 aromatic heterocycles. The summed E-state index contributed by atoms with van der Waals surface area (Å²) in [5.41, 5.74) is 5.86. The van der Waals surface area contributed by atoms with Crippen LogP contribution in [0.1, 0.15) is 34.1 Å². The quantitative estimate of drug-likeness (QED) is 0.712. The van der Waals surface area contributed by atoms with Gasteiger partial charge in [-0.1, -0.05) is 27.7 Å². The summed E-state index contributed by atoms with van der Waals surface area (Å²) in [7, 11) is 4.33. The van der Waals surface area contributed by atoms with E-state index in [1.807, 2.05) is 0 Å². The Morgan fingerprint density at radius 1 is 1.07 bits per heavy atom. The van der Waals surface area contributed by atoms with Gasteiger partial charge in [0.25, 0.3) is 0 Å². The molecular weight excluding hydrogens is 172 g/mol. The van der Waals surface area contributed by atoms with Crippen molar-refractivity contribution in [2.45, 2.75) is 40.2 Å². The average molecular weight is 200 g/mol. The lowest BCUT2D eigenvalue weighted by Gasteiger charge is -2.35. The second-order valence-corrected chi connectivity index (χ2v) is 5.30. The summed E-state index contributed by atoms with van der Waals surface area (Å²) in [5.74, 6) is 2.04. The molecule has 0 heterocycles. The smallest absolute Gasteiger partial charge is 0.0134 e. The molecule has 0 aliphatic rings. The van der Waals surface area contributed by atoms with Gasteiger partial charge in [0.2, 0.25) is 0 Å². The summed E-state index contributed by atoms with van der Waals surface area (Å²) in [4.78, 5) is 2.33. The predicted octanol–water partition coefficient (Wildman–Crippen LogP) is 2.19. The van der Waals surface area contributed by atoms with Crippen molar-refractivity contribution >= 4 is 0 Å². The molecule has 0 saturated heterocycles. The van der Waals surface area contributed by atoms with Crippen molar-refractivity contribution in [2.75, 3.05) is 20.6 Å². The normalized spacial score (nSPS) is 16.7. The van der Waals surface area contributed by atoms with Crippen molar-refractivity contribution in [2.24, 2.45) is 23.5 Å². The molecule has 0 aliphatic heterocycles. The molecule has 0 aromatic rings. The van der Waals surface area contributed by atoms with Crippen molar-refractivity contribution in [3.8, 4) is 0 Å². The van der Waals surface area contributed by atoms with Crippen LogP contribution in [0.4, 0.5) is 0 Å². The third-order valence-corrected chi connectivity index (χ3v) is 3.00. The summed E-state index contributed by atoms with van der Waals surface area (Å²) in [6.45, 7) is 9.91. The number of hydrogen-bond donors (Lipinski definition) is 1. The highest BCUT2D eigenvalue weighted by Gasteiger charge is 2.25. The lowest BCUT2D eigenvalue weighted by molar-refractivity contribution is 0.150. The van der Waals surface area contributed by atoms with Gasteiger partial charge in [-0.05, 0) is 44.8 Å². The molecular formula is C12H28N2. The van der Waals surface area contributed by atoms with E-state index in [0.717, 1.165) is 12.5 Å². The molecule has 0 aliphatic carbocycles. The monoisotopic (exact) mass is 200 g/mol. The third-order valence-electron chi connectivity index (χ3n) is 3.00. The molecule has 0 saturated carbocycles. The molecule has 0 amide bonds. The third kappa shape index (κ3) is 4.43. The van der Waals surface area contributed by atoms with Gasteiger partial charge < -0.3 is 10.6 Å². The van der Waals surface area contributed by atoms with Gasteiger partial charge in [-0.15, -0.1) is 0 Å². The zero-order chi connectivity index (χ0) is 11.3. The molecule has 0 bridgehead atoms. The van der Waals surface area contributed by atoms with Crippen molar-refractivity contribution < 1.29 is 0 Å². The van der Waals surface area contributed by atoms with Crippen LogP contribution in [0.25, 0.3) is 0 Å². The standard InChI is InChI=1S/C12H28N2/c1-9(2)7-12(14(5)6)11(8-13)10(3)4/h9-12H,7-8,13H2,1-6H3. The van der Waals surface area contributed by atoms with Crippen LogP contribution in [-0.4, -0.2) is 31.6 Å². The largest absolute Gasteiger partial charge is 0.330 e. The van der Waals surface area contributed by atoms with Crippen LogP contribution in [0.2, 0.25) is 0 Å². The van der Waals surface area contributed by atoms with E-state index in [4.69, 9.17) is 5.73 Å². The van der Waals surface area contributed by atoms with Gasteiger partial charge in [-0.3, -0.25) is 0 Å². The summed E-state index contributed by atoms with van der Waals surface area (Å²) in [6, 6.07) is 0.625. The maximum absolute atomic E-state index is 5.86. The Balaban J connectivity index is 4.44. The van der Waals surface area contributed by atoms with Crippen molar-refractivity contribution in [1.29, 1.82) is 0 Å². The van der Waals surface area contributed by atoms with Crippen molar-refractivity contribution in [1.82, 2.24) is 4.90 Å². The Labute approximate surface area is 89.9 Å². The molecule has 14 heavy (non-hydrogen) atoms. The fourth-order valence-corrected chi connectivity index (χ4v) is 2.13. The first-order valence-electron chi connectivity index (χ1n) is 5.76. The van der Waals surface area contributed by atoms with Gasteiger partial charge in [0, 0.05) is 6.04 Å². The van der Waals surface area contributed by atoms with E-state index in [1.54, 1.807) is 0 Å². The molecule has 2 atom stereocenters. The molecule has 0 rings (SSSR count). The molecule has 0 fully saturated rings. The van der Waals surface area contributed by atoms with Gasteiger partial charge in [0.05, 0.1) is 0 Å². The summed E-state index contributed by atoms with van der Waals surface area (Å²) >= 11 is 0. The topological polar surface area (TPSA) is 29.3 Å². The number of nitrogens with two attached hydrogens (primary N) is 1. The molecule has 2 unspecified atom stereocenters. The summed E-state index contributed by atoms with van der Waals surface area (Å²) in [6.07, 6.45) is 1.24. The zero-order valence-electron chi connectivity index (χ0n) is 10.7. The lowest BCUT2D eigenvalue weighted by atomic mass is 9.83. The van der Waals surface area contributed by atoms with Crippen LogP contribution in [0, 0.1) is 17.8 Å². The van der Waals surface area contributed by atoms with E-state index in [2.05, 4.69) is 46.7 Å². The molecule has 2 N–H and O–H groups in total. The highest BCUT2D eigenvalue weighted by Crippen LogP contribution is 2.23. The Bertz CT molecular complexity index is 141. The summed E-state index contributed by atoms with van der Waals surface area (Å²) < 4.78 is 0. The van der Waals surface area contributed by atoms with E-state index >= 15 is 0 Å². The van der Waals surface area contributed by atoms with Crippen LogP contribution in [0.15, 0.2) is 0 Å². The Morgan fingerprint density at radius 3 is 1.79 bits per heavy atom. The van der Waals surface area contributed by atoms with Crippen LogP contribution >= 0.6 is 0 Å². The minimum absolute atomic E-state index is 0.618. The predicted molar refractivity (Wildman–Crippen MR) is 64.3 cm³/mol. The SMILES string of the molecule is CC(C)CC(C(CN)C(C)C)N(C)C. The van der Waals surface area contributed by atoms with Crippen molar-refractivity contribution in [3.63, 3.8) is 0 Å². The second kappa shape index (κ2) is 6.41. The van der Waals surface area contributed by atoms with Gasteiger partial charge in [0.1, 0.15) is 0 Å². The fraction of sp³-hybridized carbons (Fsp3) is 1.00. The highest BCUT2D eigenvalue weighted by molar-refractivity contribution is 4.80. The Morgan fingerprint density at radius 2 is 1.57 bits per heavy atom. The van der Waals surface area contributed by atoms with E-state index in [1.165, 1.54) is 6.42 Å². The first-order valence-corrected chi connectivity index (χ1v) is 5.76. The van der Waals surface area contributed by atoms with Crippen LogP contribution in [0.5, 0.6) is 0 Å². The summed E-state index contributed by atoms with van der Waals surface area (Å²) in [5, 5.41) is 0. The highest BCUT2D eigenvalue weighted by atomic mass is 15.1. The second-order valence-electron chi connectivity index (χ2n) is 5.30. The van der Waals surface area contributed by atoms with E-state index < -0.39 is 0 Å². The maximum atomic E-state index is 5.86. The lowest BCUT2D eigenvalue weighted by Crippen LogP contribution is -2.42. The van der Waals surface area contributed by atoms with Gasteiger partial charge in [-0.2, -0.15) is 0 Å². The molecule has 0 aromatic carbocycles. The Kier molecular flexibility index (Phi) is 6.38. The number of rotatable bonds is 6. The minimum atomic E-state index is 0.618. The average Bonchev–Trinajstić information content (AvgIpc) is 2.02. The minimum Gasteiger partial charge on any atom is -0.330 e. The van der Waals surface area contributed by atoms with Crippen molar-refractivity contribution in [3.05, 3.63) is 0 Å². The van der Waals surface area contributed by atoms with Gasteiger partial charge in [0.15, 0.2) is 0 Å².